The number of aromatic nitrogens is 2. The molecule has 0 amide bonds. The zero-order valence-corrected chi connectivity index (χ0v) is 17.1. The molecular formula is C25H23N3O2. The van der Waals surface area contributed by atoms with Crippen molar-refractivity contribution in [1.29, 1.82) is 0 Å². The van der Waals surface area contributed by atoms with Crippen LogP contribution < -0.4 is 5.32 Å². The Morgan fingerprint density at radius 2 is 1.77 bits per heavy atom. The predicted molar refractivity (Wildman–Crippen MR) is 117 cm³/mol. The molecule has 5 nitrogen and oxygen atoms in total. The maximum atomic E-state index is 13.2. The number of hydrogen-bond donors (Lipinski definition) is 1. The predicted octanol–water partition coefficient (Wildman–Crippen LogP) is 5.74. The van der Waals surface area contributed by atoms with Gasteiger partial charge in [-0.15, -0.1) is 5.10 Å². The average Bonchev–Trinajstić information content (AvgIpc) is 3.37. The third-order valence-electron chi connectivity index (χ3n) is 5.56. The molecule has 0 aliphatic heterocycles. The topological polar surface area (TPSA) is 60.1 Å². The molecule has 2 aromatic carbocycles. The highest BCUT2D eigenvalue weighted by Crippen LogP contribution is 2.38. The smallest absolute Gasteiger partial charge is 0.169 e. The van der Waals surface area contributed by atoms with Gasteiger partial charge in [0, 0.05) is 24.4 Å². The van der Waals surface area contributed by atoms with Crippen LogP contribution in [-0.4, -0.2) is 15.6 Å². The van der Waals surface area contributed by atoms with Crippen LogP contribution in [0.15, 0.2) is 71.3 Å². The summed E-state index contributed by atoms with van der Waals surface area (Å²) in [4.78, 5) is 13.2. The van der Waals surface area contributed by atoms with Crippen molar-refractivity contribution in [2.75, 3.05) is 5.32 Å². The van der Waals surface area contributed by atoms with Crippen LogP contribution in [0, 0.1) is 13.8 Å². The lowest BCUT2D eigenvalue weighted by Crippen LogP contribution is -2.20. The quantitative estimate of drug-likeness (QED) is 0.477. The lowest BCUT2D eigenvalue weighted by Gasteiger charge is -2.21. The fourth-order valence-corrected chi connectivity index (χ4v) is 4.34. The van der Waals surface area contributed by atoms with Gasteiger partial charge in [-0.2, -0.15) is 0 Å². The second kappa shape index (κ2) is 7.34. The molecule has 4 aromatic rings. The van der Waals surface area contributed by atoms with Gasteiger partial charge in [0.1, 0.15) is 5.76 Å². The summed E-state index contributed by atoms with van der Waals surface area (Å²) >= 11 is 0. The molecule has 0 bridgehead atoms. The number of fused-ring (bicyclic) bond motifs is 1. The summed E-state index contributed by atoms with van der Waals surface area (Å²) in [5.41, 5.74) is 5.81. The van der Waals surface area contributed by atoms with E-state index in [1.165, 1.54) is 0 Å². The third kappa shape index (κ3) is 3.32. The Kier molecular flexibility index (Phi) is 4.51. The van der Waals surface area contributed by atoms with Gasteiger partial charge < -0.3 is 9.73 Å². The van der Waals surface area contributed by atoms with Gasteiger partial charge >= 0.3 is 0 Å². The van der Waals surface area contributed by atoms with Crippen molar-refractivity contribution >= 4 is 17.3 Å². The number of nitrogens with one attached hydrogen (secondary N) is 1. The Morgan fingerprint density at radius 3 is 2.47 bits per heavy atom. The SMILES string of the molecule is Cc1cc(C)cc(Nc2nn(-c3ccccc3)c3c2C(=O)CC(c2ccco2)C3)c1. The van der Waals surface area contributed by atoms with Crippen molar-refractivity contribution < 1.29 is 9.21 Å². The Labute approximate surface area is 175 Å². The van der Waals surface area contributed by atoms with Crippen molar-refractivity contribution in [1.82, 2.24) is 9.78 Å². The monoisotopic (exact) mass is 397 g/mol. The number of aryl methyl sites for hydroxylation is 2. The molecule has 0 saturated carbocycles. The molecule has 2 heterocycles. The van der Waals surface area contributed by atoms with E-state index >= 15 is 0 Å². The van der Waals surface area contributed by atoms with Crippen molar-refractivity contribution in [2.24, 2.45) is 0 Å². The zero-order valence-electron chi connectivity index (χ0n) is 17.1. The number of para-hydroxylation sites is 1. The fraction of sp³-hybridized carbons (Fsp3) is 0.200. The molecule has 5 heteroatoms. The molecule has 150 valence electrons. The molecule has 1 aliphatic rings. The third-order valence-corrected chi connectivity index (χ3v) is 5.56. The first-order valence-corrected chi connectivity index (χ1v) is 10.2. The lowest BCUT2D eigenvalue weighted by molar-refractivity contribution is 0.0960. The van der Waals surface area contributed by atoms with Crippen molar-refractivity contribution in [3.05, 3.63) is 95.1 Å². The highest BCUT2D eigenvalue weighted by molar-refractivity contribution is 6.03. The molecular weight excluding hydrogens is 374 g/mol. The van der Waals surface area contributed by atoms with Gasteiger partial charge in [-0.25, -0.2) is 4.68 Å². The van der Waals surface area contributed by atoms with Gasteiger partial charge in [-0.05, 0) is 61.4 Å². The van der Waals surface area contributed by atoms with E-state index in [0.29, 0.717) is 24.2 Å². The Morgan fingerprint density at radius 1 is 1.00 bits per heavy atom. The minimum Gasteiger partial charge on any atom is -0.469 e. The highest BCUT2D eigenvalue weighted by Gasteiger charge is 2.34. The Balaban J connectivity index is 1.62. The van der Waals surface area contributed by atoms with Crippen LogP contribution in [0.2, 0.25) is 0 Å². The maximum Gasteiger partial charge on any atom is 0.169 e. The molecule has 1 aliphatic carbocycles. The number of furan rings is 1. The standard InChI is InChI=1S/C25H23N3O2/c1-16-11-17(2)13-19(12-16)26-25-24-21(28(27-25)20-7-4-3-5-8-20)14-18(15-22(24)29)23-9-6-10-30-23/h3-13,18H,14-15H2,1-2H3,(H,26,27). The van der Waals surface area contributed by atoms with Crippen LogP contribution >= 0.6 is 0 Å². The number of Topliss-reactive ketones (excluding diaryl/α,β-unsaturated/α-hetero) is 1. The van der Waals surface area contributed by atoms with Gasteiger partial charge in [0.25, 0.3) is 0 Å². The van der Waals surface area contributed by atoms with Crippen LogP contribution in [0.3, 0.4) is 0 Å². The molecule has 30 heavy (non-hydrogen) atoms. The van der Waals surface area contributed by atoms with Gasteiger partial charge in [0.2, 0.25) is 0 Å². The number of ketones is 1. The molecule has 0 radical (unpaired) electrons. The highest BCUT2D eigenvalue weighted by atomic mass is 16.3. The summed E-state index contributed by atoms with van der Waals surface area (Å²) in [5.74, 6) is 1.57. The largest absolute Gasteiger partial charge is 0.469 e. The van der Waals surface area contributed by atoms with E-state index in [0.717, 1.165) is 34.0 Å². The number of benzene rings is 2. The minimum atomic E-state index is 0.0215. The fourth-order valence-electron chi connectivity index (χ4n) is 4.34. The minimum absolute atomic E-state index is 0.0215. The van der Waals surface area contributed by atoms with Crippen molar-refractivity contribution in [2.45, 2.75) is 32.6 Å². The van der Waals surface area contributed by atoms with Crippen LogP contribution in [0.25, 0.3) is 5.69 Å². The molecule has 0 fully saturated rings. The van der Waals surface area contributed by atoms with Crippen LogP contribution in [0.4, 0.5) is 11.5 Å². The van der Waals surface area contributed by atoms with Gasteiger partial charge in [0.15, 0.2) is 11.6 Å². The summed E-state index contributed by atoms with van der Waals surface area (Å²) in [6, 6.07) is 20.0. The molecule has 1 N–H and O–H groups in total. The van der Waals surface area contributed by atoms with Crippen LogP contribution in [0.1, 0.15) is 45.3 Å². The van der Waals surface area contributed by atoms with E-state index in [4.69, 9.17) is 9.52 Å². The first-order chi connectivity index (χ1) is 14.6. The van der Waals surface area contributed by atoms with E-state index in [1.807, 2.05) is 47.1 Å². The number of anilines is 2. The summed E-state index contributed by atoms with van der Waals surface area (Å²) < 4.78 is 7.51. The van der Waals surface area contributed by atoms with Gasteiger partial charge in [-0.3, -0.25) is 4.79 Å². The average molecular weight is 397 g/mol. The summed E-state index contributed by atoms with van der Waals surface area (Å²) in [6.45, 7) is 4.13. The van der Waals surface area contributed by atoms with E-state index in [2.05, 4.69) is 37.4 Å². The zero-order chi connectivity index (χ0) is 20.7. The Bertz CT molecular complexity index is 1190. The van der Waals surface area contributed by atoms with Crippen LogP contribution in [-0.2, 0) is 6.42 Å². The summed E-state index contributed by atoms with van der Waals surface area (Å²) in [5, 5.41) is 8.24. The second-order valence-corrected chi connectivity index (χ2v) is 7.96. The van der Waals surface area contributed by atoms with E-state index < -0.39 is 0 Å². The summed E-state index contributed by atoms with van der Waals surface area (Å²) in [7, 11) is 0. The number of carbonyl (C=O) groups excluding carboxylic acids is 1. The maximum absolute atomic E-state index is 13.2. The molecule has 0 saturated heterocycles. The lowest BCUT2D eigenvalue weighted by atomic mass is 9.85. The van der Waals surface area contributed by atoms with E-state index in [-0.39, 0.29) is 11.7 Å². The van der Waals surface area contributed by atoms with E-state index in [1.54, 1.807) is 6.26 Å². The number of carbonyl (C=O) groups is 1. The number of rotatable bonds is 4. The molecule has 1 unspecified atom stereocenters. The Hall–Kier alpha value is -3.60. The van der Waals surface area contributed by atoms with Crippen LogP contribution in [0.5, 0.6) is 0 Å². The first kappa shape index (κ1) is 18.4. The molecule has 1 atom stereocenters. The normalized spacial score (nSPS) is 15.8. The van der Waals surface area contributed by atoms with Crippen molar-refractivity contribution in [3.8, 4) is 5.69 Å². The molecule has 5 rings (SSSR count). The number of hydrogen-bond acceptors (Lipinski definition) is 4. The molecule has 0 spiro atoms. The van der Waals surface area contributed by atoms with Gasteiger partial charge in [0.05, 0.1) is 23.2 Å². The van der Waals surface area contributed by atoms with E-state index in [9.17, 15) is 4.79 Å². The number of nitrogens with zero attached hydrogens (tertiary/aromatic N) is 2. The first-order valence-electron chi connectivity index (χ1n) is 10.2. The molecule has 2 aromatic heterocycles. The second-order valence-electron chi connectivity index (χ2n) is 7.96. The van der Waals surface area contributed by atoms with Gasteiger partial charge in [-0.1, -0.05) is 24.3 Å². The van der Waals surface area contributed by atoms with Crippen molar-refractivity contribution in [3.63, 3.8) is 0 Å². The summed E-state index contributed by atoms with van der Waals surface area (Å²) in [6.07, 6.45) is 2.78.